The summed E-state index contributed by atoms with van der Waals surface area (Å²) in [6.45, 7) is 2.48. The van der Waals surface area contributed by atoms with Crippen LogP contribution in [0.5, 0.6) is 5.75 Å². The van der Waals surface area contributed by atoms with Crippen LogP contribution in [0.3, 0.4) is 0 Å². The molecule has 1 N–H and O–H groups in total. The smallest absolute Gasteiger partial charge is 0.406 e. The number of ether oxygens (including phenoxy) is 2. The maximum Gasteiger partial charge on any atom is 0.573 e. The van der Waals surface area contributed by atoms with E-state index in [0.717, 1.165) is 46.7 Å². The average molecular weight is 691 g/mol. The number of carbonyl (C=O) groups is 2. The van der Waals surface area contributed by atoms with Crippen LogP contribution < -0.4 is 15.0 Å². The first-order chi connectivity index (χ1) is 23.5. The minimum absolute atomic E-state index is 0.0680. The molecule has 0 aliphatic carbocycles. The molecule has 4 aromatic carbocycles. The van der Waals surface area contributed by atoms with E-state index in [1.807, 2.05) is 55.5 Å². The molecule has 5 aromatic rings. The number of nitrogens with one attached hydrogen (secondary N) is 1. The Labute approximate surface area is 281 Å². The van der Waals surface area contributed by atoms with Gasteiger partial charge in [0.05, 0.1) is 36.0 Å². The molecular weight excluding hydrogens is 664 g/mol. The fourth-order valence-electron chi connectivity index (χ4n) is 4.84. The summed E-state index contributed by atoms with van der Waals surface area (Å²) in [5.74, 6) is -1.25. The van der Waals surface area contributed by atoms with Gasteiger partial charge < -0.3 is 14.8 Å². The number of hydrogen-bond donors (Lipinski definition) is 1. The monoisotopic (exact) mass is 690 g/mol. The second kappa shape index (κ2) is 14.3. The van der Waals surface area contributed by atoms with Crippen LogP contribution in [0.25, 0.3) is 17.1 Å². The molecule has 0 atom stereocenters. The lowest BCUT2D eigenvalue weighted by atomic mass is 10.1. The van der Waals surface area contributed by atoms with Crippen molar-refractivity contribution in [3.8, 4) is 22.8 Å². The van der Waals surface area contributed by atoms with Gasteiger partial charge >= 0.3 is 12.4 Å². The molecule has 10 nitrogen and oxygen atoms in total. The molecule has 15 heteroatoms. The third-order valence-corrected chi connectivity index (χ3v) is 8.03. The Kier molecular flexibility index (Phi) is 9.73. The molecule has 1 aliphatic rings. The second-order valence-electron chi connectivity index (χ2n) is 10.7. The summed E-state index contributed by atoms with van der Waals surface area (Å²) in [5.41, 5.74) is 3.68. The Morgan fingerprint density at radius 1 is 1.00 bits per heavy atom. The fourth-order valence-corrected chi connectivity index (χ4v) is 5.70. The lowest BCUT2D eigenvalue weighted by Crippen LogP contribution is -2.31. The van der Waals surface area contributed by atoms with E-state index < -0.39 is 24.0 Å². The van der Waals surface area contributed by atoms with Crippen LogP contribution in [-0.4, -0.2) is 44.0 Å². The first-order valence-electron chi connectivity index (χ1n) is 14.7. The van der Waals surface area contributed by atoms with Crippen LogP contribution in [0.1, 0.15) is 16.7 Å². The van der Waals surface area contributed by atoms with E-state index in [1.165, 1.54) is 40.2 Å². The zero-order chi connectivity index (χ0) is 34.5. The number of thioether (sulfide) groups is 1. The van der Waals surface area contributed by atoms with Crippen molar-refractivity contribution in [3.63, 3.8) is 0 Å². The van der Waals surface area contributed by atoms with Crippen LogP contribution in [-0.2, 0) is 22.7 Å². The van der Waals surface area contributed by atoms with Crippen LogP contribution in [0.15, 0.2) is 102 Å². The second-order valence-corrected chi connectivity index (χ2v) is 11.6. The molecule has 0 spiro atoms. The number of nitrogens with zero attached hydrogens (tertiary/aromatic N) is 5. The van der Waals surface area contributed by atoms with Crippen molar-refractivity contribution in [2.75, 3.05) is 16.0 Å². The number of benzene rings is 4. The van der Waals surface area contributed by atoms with Crippen LogP contribution >= 0.6 is 11.8 Å². The van der Waals surface area contributed by atoms with E-state index in [0.29, 0.717) is 18.0 Å². The quantitative estimate of drug-likeness (QED) is 0.158. The number of rotatable bonds is 9. The van der Waals surface area contributed by atoms with Gasteiger partial charge in [0.15, 0.2) is 11.0 Å². The van der Waals surface area contributed by atoms with Gasteiger partial charge in [-0.3, -0.25) is 9.69 Å². The number of aryl methyl sites for hydroxylation is 1. The Hall–Kier alpha value is -5.54. The zero-order valence-corrected chi connectivity index (χ0v) is 26.5. The highest BCUT2D eigenvalue weighted by Gasteiger charge is 2.33. The number of carbonyl (C=O) groups excluding carboxylic acids is 2. The molecule has 250 valence electrons. The van der Waals surface area contributed by atoms with E-state index in [2.05, 4.69) is 25.1 Å². The van der Waals surface area contributed by atoms with Crippen LogP contribution in [0.4, 0.5) is 33.7 Å². The standard InChI is InChI=1S/C34H26F4N6O4S/c1-21-7-8-24(18-47-17-22-5-3-2-4-6-22)29(15-21)44-30(45)19-49-33(44)41-32(46)40-28-14-9-23(16-27(28)35)31-39-20-43(42-31)25-10-12-26(13-11-25)48-34(36,37)38/h2-16,20H,17-19H2,1H3,(H,40,46)/b41-33-. The minimum atomic E-state index is -4.82. The zero-order valence-electron chi connectivity index (χ0n) is 25.6. The predicted octanol–water partition coefficient (Wildman–Crippen LogP) is 7.67. The molecule has 0 radical (unpaired) electrons. The summed E-state index contributed by atoms with van der Waals surface area (Å²) in [4.78, 5) is 35.6. The van der Waals surface area contributed by atoms with Crippen molar-refractivity contribution >= 4 is 40.2 Å². The third kappa shape index (κ3) is 8.31. The number of aromatic nitrogens is 3. The molecule has 2 heterocycles. The molecule has 0 unspecified atom stereocenters. The summed E-state index contributed by atoms with van der Waals surface area (Å²) >= 11 is 1.09. The summed E-state index contributed by atoms with van der Waals surface area (Å²) < 4.78 is 63.6. The molecule has 1 aliphatic heterocycles. The van der Waals surface area contributed by atoms with Crippen molar-refractivity contribution < 1.29 is 36.6 Å². The lowest BCUT2D eigenvalue weighted by Gasteiger charge is -2.20. The molecule has 1 fully saturated rings. The minimum Gasteiger partial charge on any atom is -0.406 e. The largest absolute Gasteiger partial charge is 0.573 e. The first-order valence-corrected chi connectivity index (χ1v) is 15.7. The van der Waals surface area contributed by atoms with Crippen molar-refractivity contribution in [2.24, 2.45) is 4.99 Å². The maximum absolute atomic E-state index is 15.1. The predicted molar refractivity (Wildman–Crippen MR) is 176 cm³/mol. The van der Waals surface area contributed by atoms with Crippen molar-refractivity contribution in [3.05, 3.63) is 120 Å². The number of amidine groups is 1. The van der Waals surface area contributed by atoms with Gasteiger partial charge in [0.2, 0.25) is 5.91 Å². The molecule has 0 bridgehead atoms. The van der Waals surface area contributed by atoms with E-state index >= 15 is 4.39 Å². The van der Waals surface area contributed by atoms with Gasteiger partial charge in [-0.1, -0.05) is 54.2 Å². The first kappa shape index (κ1) is 33.4. The normalized spacial score (nSPS) is 14.0. The van der Waals surface area contributed by atoms with E-state index in [-0.39, 0.29) is 40.5 Å². The summed E-state index contributed by atoms with van der Waals surface area (Å²) in [6, 6.07) is 23.3. The number of alkyl halides is 3. The summed E-state index contributed by atoms with van der Waals surface area (Å²) in [7, 11) is 0. The van der Waals surface area contributed by atoms with Gasteiger partial charge in [0.1, 0.15) is 17.9 Å². The van der Waals surface area contributed by atoms with Gasteiger partial charge in [-0.05, 0) is 66.6 Å². The molecular formula is C34H26F4N6O4S. The molecule has 6 rings (SSSR count). The van der Waals surface area contributed by atoms with Gasteiger partial charge in [0.25, 0.3) is 0 Å². The van der Waals surface area contributed by atoms with E-state index in [4.69, 9.17) is 4.74 Å². The highest BCUT2D eigenvalue weighted by molar-refractivity contribution is 8.15. The van der Waals surface area contributed by atoms with Gasteiger partial charge in [-0.2, -0.15) is 4.99 Å². The third-order valence-electron chi connectivity index (χ3n) is 7.11. The topological polar surface area (TPSA) is 111 Å². The van der Waals surface area contributed by atoms with Gasteiger partial charge in [-0.15, -0.1) is 18.3 Å². The molecule has 0 saturated carbocycles. The average Bonchev–Trinajstić information content (AvgIpc) is 3.70. The lowest BCUT2D eigenvalue weighted by molar-refractivity contribution is -0.274. The Balaban J connectivity index is 1.14. The molecule has 49 heavy (non-hydrogen) atoms. The SMILES string of the molecule is Cc1ccc(COCc2ccccc2)c(N2C(=O)CS/C2=N\C(=O)Nc2ccc(-c3ncn(-c4ccc(OC(F)(F)F)cc4)n3)cc2F)c1. The number of urea groups is 1. The number of amides is 3. The highest BCUT2D eigenvalue weighted by atomic mass is 32.2. The van der Waals surface area contributed by atoms with Gasteiger partial charge in [0, 0.05) is 11.1 Å². The number of aliphatic imine (C=N–C) groups is 1. The molecule has 1 aromatic heterocycles. The Morgan fingerprint density at radius 3 is 2.51 bits per heavy atom. The maximum atomic E-state index is 15.1. The van der Waals surface area contributed by atoms with Crippen LogP contribution in [0, 0.1) is 12.7 Å². The Bertz CT molecular complexity index is 2020. The van der Waals surface area contributed by atoms with E-state index in [1.54, 1.807) is 0 Å². The number of halogens is 4. The van der Waals surface area contributed by atoms with Crippen molar-refractivity contribution in [1.29, 1.82) is 0 Å². The number of hydrogen-bond acceptors (Lipinski definition) is 7. The highest BCUT2D eigenvalue weighted by Crippen LogP contribution is 2.32. The summed E-state index contributed by atoms with van der Waals surface area (Å²) in [6.07, 6.45) is -3.50. The molecule has 3 amide bonds. The molecule has 1 saturated heterocycles. The fraction of sp³-hybridized carbons (Fsp3) is 0.147. The number of anilines is 2. The van der Waals surface area contributed by atoms with Crippen LogP contribution in [0.2, 0.25) is 0 Å². The Morgan fingerprint density at radius 2 is 1.78 bits per heavy atom. The summed E-state index contributed by atoms with van der Waals surface area (Å²) in [5, 5.41) is 6.82. The van der Waals surface area contributed by atoms with Gasteiger partial charge in [-0.25, -0.2) is 18.9 Å². The van der Waals surface area contributed by atoms with Crippen molar-refractivity contribution in [1.82, 2.24) is 14.8 Å². The van der Waals surface area contributed by atoms with Crippen molar-refractivity contribution in [2.45, 2.75) is 26.5 Å². The van der Waals surface area contributed by atoms with E-state index in [9.17, 15) is 22.8 Å².